The summed E-state index contributed by atoms with van der Waals surface area (Å²) in [7, 11) is 1.69. The summed E-state index contributed by atoms with van der Waals surface area (Å²) >= 11 is 0. The molecule has 0 bridgehead atoms. The van der Waals surface area contributed by atoms with Crippen LogP contribution in [0.1, 0.15) is 19.3 Å². The van der Waals surface area contributed by atoms with E-state index in [9.17, 15) is 0 Å². The number of ether oxygens (including phenoxy) is 2. The van der Waals surface area contributed by atoms with Gasteiger partial charge in [0, 0.05) is 13.7 Å². The topological polar surface area (TPSA) is 30.5 Å². The van der Waals surface area contributed by atoms with Gasteiger partial charge in [-0.1, -0.05) is 0 Å². The summed E-state index contributed by atoms with van der Waals surface area (Å²) in [6, 6.07) is 0. The minimum Gasteiger partial charge on any atom is -0.382 e. The molecule has 0 saturated heterocycles. The fourth-order valence-electron chi connectivity index (χ4n) is 1.17. The van der Waals surface area contributed by atoms with Gasteiger partial charge in [-0.25, -0.2) is 0 Å². The van der Waals surface area contributed by atoms with Crippen LogP contribution in [-0.4, -0.2) is 40.0 Å². The van der Waals surface area contributed by atoms with Gasteiger partial charge in [0.25, 0.3) is 0 Å². The second kappa shape index (κ2) is 7.30. The van der Waals surface area contributed by atoms with Gasteiger partial charge in [-0.3, -0.25) is 0 Å². The van der Waals surface area contributed by atoms with Crippen molar-refractivity contribution in [2.45, 2.75) is 19.3 Å². The molecule has 1 saturated carbocycles. The van der Waals surface area contributed by atoms with E-state index in [1.54, 1.807) is 7.11 Å². The summed E-state index contributed by atoms with van der Waals surface area (Å²) in [5, 5.41) is 3.43. The van der Waals surface area contributed by atoms with Gasteiger partial charge < -0.3 is 14.8 Å². The molecule has 1 rings (SSSR count). The van der Waals surface area contributed by atoms with Crippen molar-refractivity contribution in [3.8, 4) is 0 Å². The average Bonchev–Trinajstić information content (AvgIpc) is 2.93. The van der Waals surface area contributed by atoms with E-state index in [-0.39, 0.29) is 0 Å². The van der Waals surface area contributed by atoms with Crippen LogP contribution in [0.5, 0.6) is 0 Å². The first-order chi connectivity index (χ1) is 6.43. The molecule has 0 aromatic heterocycles. The average molecular weight is 187 g/mol. The van der Waals surface area contributed by atoms with Gasteiger partial charge in [-0.2, -0.15) is 0 Å². The van der Waals surface area contributed by atoms with Gasteiger partial charge >= 0.3 is 0 Å². The summed E-state index contributed by atoms with van der Waals surface area (Å²) in [5.41, 5.74) is 0. The second-order valence-electron chi connectivity index (χ2n) is 3.61. The van der Waals surface area contributed by atoms with Crippen LogP contribution < -0.4 is 5.32 Å². The fraction of sp³-hybridized carbons (Fsp3) is 1.00. The molecule has 3 nitrogen and oxygen atoms in total. The normalized spacial score (nSPS) is 16.4. The summed E-state index contributed by atoms with van der Waals surface area (Å²) in [6.45, 7) is 4.57. The highest BCUT2D eigenvalue weighted by molar-refractivity contribution is 4.74. The van der Waals surface area contributed by atoms with Crippen molar-refractivity contribution in [1.82, 2.24) is 5.32 Å². The van der Waals surface area contributed by atoms with E-state index in [1.807, 2.05) is 0 Å². The third-order valence-corrected chi connectivity index (χ3v) is 2.20. The Morgan fingerprint density at radius 1 is 1.23 bits per heavy atom. The van der Waals surface area contributed by atoms with E-state index in [4.69, 9.17) is 9.47 Å². The maximum Gasteiger partial charge on any atom is 0.0700 e. The third kappa shape index (κ3) is 6.99. The van der Waals surface area contributed by atoms with Crippen LogP contribution in [0.15, 0.2) is 0 Å². The molecule has 1 N–H and O–H groups in total. The Kier molecular flexibility index (Phi) is 6.15. The van der Waals surface area contributed by atoms with Crippen LogP contribution in [0.25, 0.3) is 0 Å². The van der Waals surface area contributed by atoms with Crippen molar-refractivity contribution < 1.29 is 9.47 Å². The molecule has 1 fully saturated rings. The Bertz CT molecular complexity index is 115. The molecule has 0 aliphatic heterocycles. The van der Waals surface area contributed by atoms with Crippen LogP contribution in [0, 0.1) is 5.92 Å². The molecule has 0 spiro atoms. The summed E-state index contributed by atoms with van der Waals surface area (Å²) in [5.74, 6) is 0.981. The van der Waals surface area contributed by atoms with Crippen molar-refractivity contribution in [3.63, 3.8) is 0 Å². The van der Waals surface area contributed by atoms with E-state index < -0.39 is 0 Å². The smallest absolute Gasteiger partial charge is 0.0700 e. The van der Waals surface area contributed by atoms with E-state index in [2.05, 4.69) is 5.32 Å². The first-order valence-electron chi connectivity index (χ1n) is 5.21. The van der Waals surface area contributed by atoms with E-state index in [0.717, 1.165) is 32.1 Å². The SMILES string of the molecule is COCCOCCCNCC1CC1. The Morgan fingerprint density at radius 3 is 2.77 bits per heavy atom. The van der Waals surface area contributed by atoms with Crippen LogP contribution >= 0.6 is 0 Å². The molecule has 1 aliphatic rings. The van der Waals surface area contributed by atoms with Crippen molar-refractivity contribution in [2.75, 3.05) is 40.0 Å². The van der Waals surface area contributed by atoms with Crippen molar-refractivity contribution >= 4 is 0 Å². The first kappa shape index (κ1) is 11.0. The molecule has 0 amide bonds. The quantitative estimate of drug-likeness (QED) is 0.547. The molecule has 0 unspecified atom stereocenters. The summed E-state index contributed by atoms with van der Waals surface area (Å²) < 4.78 is 10.2. The van der Waals surface area contributed by atoms with Gasteiger partial charge in [-0.15, -0.1) is 0 Å². The first-order valence-corrected chi connectivity index (χ1v) is 5.21. The number of hydrogen-bond acceptors (Lipinski definition) is 3. The largest absolute Gasteiger partial charge is 0.382 e. The van der Waals surface area contributed by atoms with Gasteiger partial charge in [0.15, 0.2) is 0 Å². The zero-order chi connectivity index (χ0) is 9.36. The Labute approximate surface area is 80.8 Å². The number of rotatable bonds is 9. The lowest BCUT2D eigenvalue weighted by Gasteiger charge is -2.04. The predicted octanol–water partition coefficient (Wildman–Crippen LogP) is 1.04. The highest BCUT2D eigenvalue weighted by atomic mass is 16.5. The molecule has 0 radical (unpaired) electrons. The molecule has 0 aromatic rings. The van der Waals surface area contributed by atoms with Crippen molar-refractivity contribution in [1.29, 1.82) is 0 Å². The Hall–Kier alpha value is -0.120. The molecular formula is C10H21NO2. The van der Waals surface area contributed by atoms with Crippen molar-refractivity contribution in [2.24, 2.45) is 5.92 Å². The summed E-state index contributed by atoms with van der Waals surface area (Å²) in [4.78, 5) is 0. The van der Waals surface area contributed by atoms with Crippen molar-refractivity contribution in [3.05, 3.63) is 0 Å². The molecular weight excluding hydrogens is 166 g/mol. The monoisotopic (exact) mass is 187 g/mol. The Balaban J connectivity index is 1.63. The molecule has 0 aromatic carbocycles. The third-order valence-electron chi connectivity index (χ3n) is 2.20. The van der Waals surface area contributed by atoms with E-state index in [0.29, 0.717) is 6.61 Å². The second-order valence-corrected chi connectivity index (χ2v) is 3.61. The molecule has 1 aliphatic carbocycles. The zero-order valence-corrected chi connectivity index (χ0v) is 8.55. The van der Waals surface area contributed by atoms with Crippen LogP contribution in [0.4, 0.5) is 0 Å². The lowest BCUT2D eigenvalue weighted by atomic mass is 10.4. The maximum atomic E-state index is 5.33. The van der Waals surface area contributed by atoms with Crippen LogP contribution in [0.2, 0.25) is 0 Å². The van der Waals surface area contributed by atoms with Gasteiger partial charge in [0.1, 0.15) is 0 Å². The minimum absolute atomic E-state index is 0.704. The number of hydrogen-bond donors (Lipinski definition) is 1. The maximum absolute atomic E-state index is 5.33. The molecule has 0 heterocycles. The molecule has 13 heavy (non-hydrogen) atoms. The van der Waals surface area contributed by atoms with Gasteiger partial charge in [0.05, 0.1) is 13.2 Å². The number of nitrogens with one attached hydrogen (secondary N) is 1. The fourth-order valence-corrected chi connectivity index (χ4v) is 1.17. The zero-order valence-electron chi connectivity index (χ0n) is 8.55. The van der Waals surface area contributed by atoms with E-state index >= 15 is 0 Å². The highest BCUT2D eigenvalue weighted by Crippen LogP contribution is 2.27. The molecule has 3 heteroatoms. The molecule has 78 valence electrons. The van der Waals surface area contributed by atoms with Crippen LogP contribution in [-0.2, 0) is 9.47 Å². The van der Waals surface area contributed by atoms with Gasteiger partial charge in [-0.05, 0) is 38.3 Å². The Morgan fingerprint density at radius 2 is 2.08 bits per heavy atom. The van der Waals surface area contributed by atoms with E-state index in [1.165, 1.54) is 19.4 Å². The van der Waals surface area contributed by atoms with Gasteiger partial charge in [0.2, 0.25) is 0 Å². The lowest BCUT2D eigenvalue weighted by Crippen LogP contribution is -2.19. The lowest BCUT2D eigenvalue weighted by molar-refractivity contribution is 0.0695. The number of methoxy groups -OCH3 is 1. The highest BCUT2D eigenvalue weighted by Gasteiger charge is 2.19. The summed E-state index contributed by atoms with van der Waals surface area (Å²) in [6.07, 6.45) is 3.96. The molecule has 0 atom stereocenters. The van der Waals surface area contributed by atoms with Crippen LogP contribution in [0.3, 0.4) is 0 Å². The predicted molar refractivity (Wildman–Crippen MR) is 52.9 cm³/mol. The minimum atomic E-state index is 0.704. The standard InChI is InChI=1S/C10H21NO2/c1-12-7-8-13-6-2-5-11-9-10-3-4-10/h10-11H,2-9H2,1H3.